The molecule has 0 saturated carbocycles. The summed E-state index contributed by atoms with van der Waals surface area (Å²) in [6, 6.07) is 15.3. The van der Waals surface area contributed by atoms with Crippen molar-refractivity contribution in [2.75, 3.05) is 0 Å². The van der Waals surface area contributed by atoms with Gasteiger partial charge in [0.1, 0.15) is 11.8 Å². The summed E-state index contributed by atoms with van der Waals surface area (Å²) < 4.78 is 6.36. The van der Waals surface area contributed by atoms with E-state index in [1.54, 1.807) is 6.26 Å². The van der Waals surface area contributed by atoms with Crippen LogP contribution in [0, 0.1) is 0 Å². The molecular formula is C16H11BrO2. The third-order valence-corrected chi connectivity index (χ3v) is 3.86. The van der Waals surface area contributed by atoms with Gasteiger partial charge in [-0.2, -0.15) is 0 Å². The standard InChI is InChI=1S/C16H11BrO2/c17-14-7-3-1-5-11(14)9-15(18)13-10-19-16-8-4-2-6-12(13)16/h1-8,10H,9H2. The number of carbonyl (C=O) groups is 1. The molecule has 3 aromatic rings. The highest BCUT2D eigenvalue weighted by Gasteiger charge is 2.14. The van der Waals surface area contributed by atoms with Crippen LogP contribution in [0.5, 0.6) is 0 Å². The first-order chi connectivity index (χ1) is 9.25. The van der Waals surface area contributed by atoms with Gasteiger partial charge in [-0.15, -0.1) is 0 Å². The fourth-order valence-electron chi connectivity index (χ4n) is 2.10. The van der Waals surface area contributed by atoms with Crippen LogP contribution in [0.4, 0.5) is 0 Å². The number of halogens is 1. The number of para-hydroxylation sites is 1. The fourth-order valence-corrected chi connectivity index (χ4v) is 2.53. The third-order valence-electron chi connectivity index (χ3n) is 3.09. The summed E-state index contributed by atoms with van der Waals surface area (Å²) >= 11 is 3.46. The van der Waals surface area contributed by atoms with Crippen molar-refractivity contribution < 1.29 is 9.21 Å². The highest BCUT2D eigenvalue weighted by Crippen LogP contribution is 2.24. The Hall–Kier alpha value is -1.87. The smallest absolute Gasteiger partial charge is 0.171 e. The Balaban J connectivity index is 1.95. The summed E-state index contributed by atoms with van der Waals surface area (Å²) in [5.74, 6) is 0.0665. The number of Topliss-reactive ketones (excluding diaryl/α,β-unsaturated/α-hetero) is 1. The van der Waals surface area contributed by atoms with Crippen molar-refractivity contribution >= 4 is 32.7 Å². The maximum Gasteiger partial charge on any atom is 0.171 e. The van der Waals surface area contributed by atoms with Gasteiger partial charge in [0, 0.05) is 16.3 Å². The molecule has 0 saturated heterocycles. The monoisotopic (exact) mass is 314 g/mol. The van der Waals surface area contributed by atoms with Crippen LogP contribution in [-0.2, 0) is 6.42 Å². The van der Waals surface area contributed by atoms with E-state index in [-0.39, 0.29) is 5.78 Å². The lowest BCUT2D eigenvalue weighted by Crippen LogP contribution is -2.03. The van der Waals surface area contributed by atoms with Gasteiger partial charge < -0.3 is 4.42 Å². The van der Waals surface area contributed by atoms with E-state index in [2.05, 4.69) is 15.9 Å². The Bertz CT molecular complexity index is 743. The first-order valence-corrected chi connectivity index (χ1v) is 6.78. The molecule has 1 heterocycles. The number of ketones is 1. The molecule has 0 bridgehead atoms. The maximum absolute atomic E-state index is 12.4. The predicted octanol–water partition coefficient (Wildman–Crippen LogP) is 4.62. The lowest BCUT2D eigenvalue weighted by molar-refractivity contribution is 0.0993. The minimum absolute atomic E-state index is 0.0665. The number of carbonyl (C=O) groups excluding carboxylic acids is 1. The summed E-state index contributed by atoms with van der Waals surface area (Å²) in [7, 11) is 0. The highest BCUT2D eigenvalue weighted by atomic mass is 79.9. The van der Waals surface area contributed by atoms with Crippen molar-refractivity contribution in [2.24, 2.45) is 0 Å². The van der Waals surface area contributed by atoms with Crippen LogP contribution < -0.4 is 0 Å². The average Bonchev–Trinajstić information content (AvgIpc) is 2.85. The lowest BCUT2D eigenvalue weighted by atomic mass is 10.0. The molecule has 0 radical (unpaired) electrons. The van der Waals surface area contributed by atoms with Crippen LogP contribution in [0.25, 0.3) is 11.0 Å². The molecule has 0 aliphatic rings. The van der Waals surface area contributed by atoms with E-state index in [1.807, 2.05) is 48.5 Å². The summed E-state index contributed by atoms with van der Waals surface area (Å²) in [5, 5.41) is 0.875. The number of hydrogen-bond acceptors (Lipinski definition) is 2. The zero-order valence-electron chi connectivity index (χ0n) is 10.1. The second-order valence-corrected chi connectivity index (χ2v) is 5.19. The summed E-state index contributed by atoms with van der Waals surface area (Å²) in [6.07, 6.45) is 1.91. The third kappa shape index (κ3) is 2.34. The molecule has 19 heavy (non-hydrogen) atoms. The van der Waals surface area contributed by atoms with Gasteiger partial charge in [-0.25, -0.2) is 0 Å². The molecule has 0 aliphatic heterocycles. The van der Waals surface area contributed by atoms with E-state index >= 15 is 0 Å². The molecule has 0 aliphatic carbocycles. The number of furan rings is 1. The largest absolute Gasteiger partial charge is 0.464 e. The van der Waals surface area contributed by atoms with Gasteiger partial charge >= 0.3 is 0 Å². The van der Waals surface area contributed by atoms with Gasteiger partial charge in [-0.3, -0.25) is 4.79 Å². The van der Waals surface area contributed by atoms with Crippen LogP contribution in [-0.4, -0.2) is 5.78 Å². The van der Waals surface area contributed by atoms with Crippen molar-refractivity contribution in [1.29, 1.82) is 0 Å². The first kappa shape index (κ1) is 12.2. The lowest BCUT2D eigenvalue weighted by Gasteiger charge is -2.02. The molecule has 0 atom stereocenters. The van der Waals surface area contributed by atoms with E-state index < -0.39 is 0 Å². The van der Waals surface area contributed by atoms with Gasteiger partial charge in [0.2, 0.25) is 0 Å². The second-order valence-electron chi connectivity index (χ2n) is 4.34. The van der Waals surface area contributed by atoms with Gasteiger partial charge in [-0.05, 0) is 17.7 Å². The van der Waals surface area contributed by atoms with E-state index in [9.17, 15) is 4.79 Å². The minimum Gasteiger partial charge on any atom is -0.464 e. The number of hydrogen-bond donors (Lipinski definition) is 0. The fraction of sp³-hybridized carbons (Fsp3) is 0.0625. The molecule has 94 valence electrons. The van der Waals surface area contributed by atoms with E-state index in [1.165, 1.54) is 0 Å². The molecule has 0 N–H and O–H groups in total. The number of benzene rings is 2. The van der Waals surface area contributed by atoms with Crippen LogP contribution >= 0.6 is 15.9 Å². The maximum atomic E-state index is 12.4. The SMILES string of the molecule is O=C(Cc1ccccc1Br)c1coc2ccccc12. The summed E-state index contributed by atoms with van der Waals surface area (Å²) in [5.41, 5.74) is 2.38. The van der Waals surface area contributed by atoms with Gasteiger partial charge in [-0.1, -0.05) is 52.3 Å². The Morgan fingerprint density at radius 1 is 1.05 bits per heavy atom. The van der Waals surface area contributed by atoms with Gasteiger partial charge in [0.15, 0.2) is 5.78 Å². The highest BCUT2D eigenvalue weighted by molar-refractivity contribution is 9.10. The zero-order chi connectivity index (χ0) is 13.2. The Labute approximate surface area is 119 Å². The van der Waals surface area contributed by atoms with Crippen molar-refractivity contribution in [1.82, 2.24) is 0 Å². The van der Waals surface area contributed by atoms with Crippen LogP contribution in [0.3, 0.4) is 0 Å². The van der Waals surface area contributed by atoms with E-state index in [4.69, 9.17) is 4.42 Å². The molecule has 3 rings (SSSR count). The Morgan fingerprint density at radius 3 is 2.63 bits per heavy atom. The Kier molecular flexibility index (Phi) is 3.22. The molecule has 0 fully saturated rings. The first-order valence-electron chi connectivity index (χ1n) is 5.98. The zero-order valence-corrected chi connectivity index (χ0v) is 11.7. The van der Waals surface area contributed by atoms with Crippen LogP contribution in [0.1, 0.15) is 15.9 Å². The molecule has 3 heteroatoms. The molecule has 0 amide bonds. The molecule has 1 aromatic heterocycles. The van der Waals surface area contributed by atoms with E-state index in [0.29, 0.717) is 12.0 Å². The van der Waals surface area contributed by atoms with Crippen LogP contribution in [0.15, 0.2) is 63.7 Å². The molecule has 2 nitrogen and oxygen atoms in total. The minimum atomic E-state index is 0.0665. The Morgan fingerprint density at radius 2 is 1.79 bits per heavy atom. The molecule has 0 spiro atoms. The van der Waals surface area contributed by atoms with Crippen molar-refractivity contribution in [3.8, 4) is 0 Å². The number of fused-ring (bicyclic) bond motifs is 1. The predicted molar refractivity (Wildman–Crippen MR) is 78.4 cm³/mol. The summed E-state index contributed by atoms with van der Waals surface area (Å²) in [4.78, 5) is 12.4. The van der Waals surface area contributed by atoms with Crippen molar-refractivity contribution in [3.63, 3.8) is 0 Å². The van der Waals surface area contributed by atoms with Crippen molar-refractivity contribution in [2.45, 2.75) is 6.42 Å². The topological polar surface area (TPSA) is 30.2 Å². The normalized spacial score (nSPS) is 10.8. The molecule has 2 aromatic carbocycles. The quantitative estimate of drug-likeness (QED) is 0.660. The average molecular weight is 315 g/mol. The van der Waals surface area contributed by atoms with Gasteiger partial charge in [0.25, 0.3) is 0 Å². The molecule has 0 unspecified atom stereocenters. The second kappa shape index (κ2) is 5.02. The molecular weight excluding hydrogens is 304 g/mol. The van der Waals surface area contributed by atoms with Crippen LogP contribution in [0.2, 0.25) is 0 Å². The van der Waals surface area contributed by atoms with Gasteiger partial charge in [0.05, 0.1) is 5.56 Å². The van der Waals surface area contributed by atoms with E-state index in [0.717, 1.165) is 21.0 Å². The van der Waals surface area contributed by atoms with Crippen molar-refractivity contribution in [3.05, 3.63) is 70.4 Å². The number of rotatable bonds is 3. The summed E-state index contributed by atoms with van der Waals surface area (Å²) in [6.45, 7) is 0.